The predicted octanol–water partition coefficient (Wildman–Crippen LogP) is 5.12. The third-order valence-electron chi connectivity index (χ3n) is 3.63. The number of halogens is 1. The molecule has 2 rings (SSSR count). The highest BCUT2D eigenvalue weighted by Crippen LogP contribution is 2.34. The summed E-state index contributed by atoms with van der Waals surface area (Å²) in [6, 6.07) is 12.5. The Morgan fingerprint density at radius 1 is 1.04 bits per heavy atom. The Labute approximate surface area is 149 Å². The van der Waals surface area contributed by atoms with E-state index in [-0.39, 0.29) is 0 Å². The van der Waals surface area contributed by atoms with Gasteiger partial charge < -0.3 is 14.8 Å². The number of hydrogen-bond acceptors (Lipinski definition) is 3. The highest BCUT2D eigenvalue weighted by molar-refractivity contribution is 6.31. The zero-order valence-electron chi connectivity index (χ0n) is 14.9. The lowest BCUT2D eigenvalue weighted by Crippen LogP contribution is -2.22. The Balaban J connectivity index is 2.15. The molecular formula is C20H26ClNO2. The molecule has 3 nitrogen and oxygen atoms in total. The smallest absolute Gasteiger partial charge is 0.163 e. The highest BCUT2D eigenvalue weighted by atomic mass is 35.5. The topological polar surface area (TPSA) is 30.5 Å². The van der Waals surface area contributed by atoms with Crippen LogP contribution in [0.25, 0.3) is 0 Å². The molecule has 130 valence electrons. The summed E-state index contributed by atoms with van der Waals surface area (Å²) >= 11 is 6.41. The van der Waals surface area contributed by atoms with Gasteiger partial charge in [0.1, 0.15) is 6.61 Å². The van der Waals surface area contributed by atoms with E-state index in [2.05, 4.69) is 50.4 Å². The lowest BCUT2D eigenvalue weighted by Gasteiger charge is -2.16. The summed E-state index contributed by atoms with van der Waals surface area (Å²) in [7, 11) is 0. The second-order valence-electron chi connectivity index (χ2n) is 6.13. The van der Waals surface area contributed by atoms with Gasteiger partial charge in [-0.3, -0.25) is 0 Å². The molecule has 1 N–H and O–H groups in total. The minimum Gasteiger partial charge on any atom is -0.490 e. The number of rotatable bonds is 8. The molecule has 0 aromatic heterocycles. The van der Waals surface area contributed by atoms with Crippen LogP contribution in [-0.4, -0.2) is 12.6 Å². The molecule has 0 unspecified atom stereocenters. The molecule has 0 saturated heterocycles. The quantitative estimate of drug-likeness (QED) is 0.718. The van der Waals surface area contributed by atoms with Crippen molar-refractivity contribution in [3.63, 3.8) is 0 Å². The minimum atomic E-state index is 0.397. The first-order chi connectivity index (χ1) is 11.5. The maximum absolute atomic E-state index is 6.41. The lowest BCUT2D eigenvalue weighted by atomic mass is 10.1. The van der Waals surface area contributed by atoms with Gasteiger partial charge in [-0.25, -0.2) is 0 Å². The molecule has 4 heteroatoms. The first kappa shape index (κ1) is 18.6. The van der Waals surface area contributed by atoms with Crippen LogP contribution in [0.3, 0.4) is 0 Å². The van der Waals surface area contributed by atoms with E-state index in [0.29, 0.717) is 36.6 Å². The summed E-state index contributed by atoms with van der Waals surface area (Å²) in [5.41, 5.74) is 3.36. The molecule has 0 atom stereocenters. The Bertz CT molecular complexity index is 653. The molecule has 0 aliphatic carbocycles. The average molecular weight is 348 g/mol. The van der Waals surface area contributed by atoms with Gasteiger partial charge in [-0.05, 0) is 31.0 Å². The molecule has 0 saturated carbocycles. The van der Waals surface area contributed by atoms with Crippen LogP contribution in [0.1, 0.15) is 37.5 Å². The first-order valence-corrected chi connectivity index (χ1v) is 8.74. The fourth-order valence-electron chi connectivity index (χ4n) is 2.25. The molecule has 0 aliphatic heterocycles. The third-order valence-corrected chi connectivity index (χ3v) is 3.98. The van der Waals surface area contributed by atoms with Crippen molar-refractivity contribution in [1.82, 2.24) is 5.32 Å². The van der Waals surface area contributed by atoms with Crippen LogP contribution in [0.2, 0.25) is 5.02 Å². The third kappa shape index (κ3) is 5.43. The molecule has 0 bridgehead atoms. The van der Waals surface area contributed by atoms with Crippen molar-refractivity contribution < 1.29 is 9.47 Å². The lowest BCUT2D eigenvalue weighted by molar-refractivity contribution is 0.269. The van der Waals surface area contributed by atoms with Gasteiger partial charge in [-0.2, -0.15) is 0 Å². The van der Waals surface area contributed by atoms with E-state index in [1.807, 2.05) is 19.1 Å². The molecule has 0 radical (unpaired) electrons. The molecule has 0 fully saturated rings. The second kappa shape index (κ2) is 8.95. The predicted molar refractivity (Wildman–Crippen MR) is 100 cm³/mol. The van der Waals surface area contributed by atoms with E-state index in [1.54, 1.807) is 0 Å². The number of ether oxygens (including phenoxy) is 2. The van der Waals surface area contributed by atoms with Crippen LogP contribution in [-0.2, 0) is 13.2 Å². The van der Waals surface area contributed by atoms with Crippen LogP contribution in [0, 0.1) is 6.92 Å². The average Bonchev–Trinajstić information content (AvgIpc) is 2.55. The summed E-state index contributed by atoms with van der Waals surface area (Å²) in [6.07, 6.45) is 0. The van der Waals surface area contributed by atoms with Crippen LogP contribution < -0.4 is 14.8 Å². The highest BCUT2D eigenvalue weighted by Gasteiger charge is 2.12. The van der Waals surface area contributed by atoms with Crippen molar-refractivity contribution in [3.8, 4) is 11.5 Å². The van der Waals surface area contributed by atoms with Crippen molar-refractivity contribution in [1.29, 1.82) is 0 Å². The first-order valence-electron chi connectivity index (χ1n) is 8.36. The maximum atomic E-state index is 6.41. The molecule has 0 spiro atoms. The van der Waals surface area contributed by atoms with Gasteiger partial charge in [0, 0.05) is 23.7 Å². The standard InChI is InChI=1S/C20H26ClNO2/c1-5-23-19-10-17(12-22-14(2)3)18(21)11-20(19)24-13-16-8-6-15(4)7-9-16/h6-11,14,22H,5,12-13H2,1-4H3. The van der Waals surface area contributed by atoms with Gasteiger partial charge in [0.05, 0.1) is 6.61 Å². The summed E-state index contributed by atoms with van der Waals surface area (Å²) < 4.78 is 11.7. The number of aryl methyl sites for hydroxylation is 1. The molecule has 24 heavy (non-hydrogen) atoms. The van der Waals surface area contributed by atoms with Crippen molar-refractivity contribution in [2.45, 2.75) is 46.9 Å². The second-order valence-corrected chi connectivity index (χ2v) is 6.54. The largest absolute Gasteiger partial charge is 0.490 e. The summed E-state index contributed by atoms with van der Waals surface area (Å²) in [6.45, 7) is 10.0. The van der Waals surface area contributed by atoms with Crippen LogP contribution >= 0.6 is 11.6 Å². The van der Waals surface area contributed by atoms with E-state index in [9.17, 15) is 0 Å². The maximum Gasteiger partial charge on any atom is 0.163 e. The summed E-state index contributed by atoms with van der Waals surface area (Å²) in [5.74, 6) is 1.41. The van der Waals surface area contributed by atoms with Gasteiger partial charge in [-0.15, -0.1) is 0 Å². The van der Waals surface area contributed by atoms with Crippen LogP contribution in [0.15, 0.2) is 36.4 Å². The molecule has 2 aromatic carbocycles. The van der Waals surface area contributed by atoms with E-state index in [1.165, 1.54) is 5.56 Å². The van der Waals surface area contributed by atoms with E-state index in [4.69, 9.17) is 21.1 Å². The Hall–Kier alpha value is -1.71. The molecular weight excluding hydrogens is 322 g/mol. The Morgan fingerprint density at radius 3 is 2.33 bits per heavy atom. The van der Waals surface area contributed by atoms with Crippen LogP contribution in [0.5, 0.6) is 11.5 Å². The van der Waals surface area contributed by atoms with Crippen molar-refractivity contribution >= 4 is 11.6 Å². The summed E-state index contributed by atoms with van der Waals surface area (Å²) in [5, 5.41) is 4.06. The van der Waals surface area contributed by atoms with Crippen molar-refractivity contribution in [2.75, 3.05) is 6.61 Å². The number of hydrogen-bond donors (Lipinski definition) is 1. The van der Waals surface area contributed by atoms with Gasteiger partial charge in [0.25, 0.3) is 0 Å². The fourth-order valence-corrected chi connectivity index (χ4v) is 2.47. The Morgan fingerprint density at radius 2 is 1.71 bits per heavy atom. The molecule has 0 aliphatic rings. The van der Waals surface area contributed by atoms with E-state index >= 15 is 0 Å². The Kier molecular flexibility index (Phi) is 6.95. The molecule has 2 aromatic rings. The number of benzene rings is 2. The zero-order valence-corrected chi connectivity index (χ0v) is 15.6. The van der Waals surface area contributed by atoms with Gasteiger partial charge >= 0.3 is 0 Å². The van der Waals surface area contributed by atoms with Gasteiger partial charge in [0.15, 0.2) is 11.5 Å². The van der Waals surface area contributed by atoms with Crippen molar-refractivity contribution in [2.24, 2.45) is 0 Å². The van der Waals surface area contributed by atoms with Gasteiger partial charge in [0.2, 0.25) is 0 Å². The SMILES string of the molecule is CCOc1cc(CNC(C)C)c(Cl)cc1OCc1ccc(C)cc1. The molecule has 0 amide bonds. The number of nitrogens with one attached hydrogen (secondary N) is 1. The monoisotopic (exact) mass is 347 g/mol. The fraction of sp³-hybridized carbons (Fsp3) is 0.400. The van der Waals surface area contributed by atoms with E-state index < -0.39 is 0 Å². The minimum absolute atomic E-state index is 0.397. The van der Waals surface area contributed by atoms with Crippen LogP contribution in [0.4, 0.5) is 0 Å². The zero-order chi connectivity index (χ0) is 17.5. The molecule has 0 heterocycles. The van der Waals surface area contributed by atoms with Crippen molar-refractivity contribution in [3.05, 3.63) is 58.1 Å². The van der Waals surface area contributed by atoms with E-state index in [0.717, 1.165) is 16.9 Å². The summed E-state index contributed by atoms with van der Waals surface area (Å²) in [4.78, 5) is 0. The normalized spacial score (nSPS) is 10.9. The van der Waals surface area contributed by atoms with Gasteiger partial charge in [-0.1, -0.05) is 55.3 Å².